The molecule has 1 aromatic carbocycles. The molecule has 2 amide bonds. The first kappa shape index (κ1) is 17.0. The van der Waals surface area contributed by atoms with Crippen molar-refractivity contribution < 1.29 is 9.59 Å². The fourth-order valence-corrected chi connectivity index (χ4v) is 2.64. The van der Waals surface area contributed by atoms with E-state index < -0.39 is 5.91 Å². The molecule has 0 bridgehead atoms. The SMILES string of the molecule is CC(C)NC(=O)c1nc(C(=O)Nc2cccc(Cl)c2)n2ccccc12. The van der Waals surface area contributed by atoms with Crippen LogP contribution in [0.25, 0.3) is 5.52 Å². The Morgan fingerprint density at radius 3 is 2.64 bits per heavy atom. The first-order valence-electron chi connectivity index (χ1n) is 7.80. The number of pyridine rings is 1. The van der Waals surface area contributed by atoms with E-state index in [-0.39, 0.29) is 23.5 Å². The zero-order valence-corrected chi connectivity index (χ0v) is 14.5. The minimum Gasteiger partial charge on any atom is -0.348 e. The van der Waals surface area contributed by atoms with Gasteiger partial charge in [-0.25, -0.2) is 4.98 Å². The molecule has 7 heteroatoms. The molecular weight excluding hydrogens is 340 g/mol. The number of nitrogens with zero attached hydrogens (tertiary/aromatic N) is 2. The van der Waals surface area contributed by atoms with Crippen LogP contribution < -0.4 is 10.6 Å². The molecule has 0 saturated carbocycles. The number of hydrogen-bond acceptors (Lipinski definition) is 3. The van der Waals surface area contributed by atoms with Crippen LogP contribution >= 0.6 is 11.6 Å². The van der Waals surface area contributed by atoms with E-state index in [1.54, 1.807) is 53.1 Å². The highest BCUT2D eigenvalue weighted by Crippen LogP contribution is 2.18. The van der Waals surface area contributed by atoms with Crippen LogP contribution in [0.1, 0.15) is 35.0 Å². The third-order valence-electron chi connectivity index (χ3n) is 3.47. The summed E-state index contributed by atoms with van der Waals surface area (Å²) in [7, 11) is 0. The van der Waals surface area contributed by atoms with Gasteiger partial charge in [-0.2, -0.15) is 0 Å². The van der Waals surface area contributed by atoms with Gasteiger partial charge < -0.3 is 10.6 Å². The van der Waals surface area contributed by atoms with E-state index in [1.807, 2.05) is 13.8 Å². The molecule has 2 heterocycles. The number of anilines is 1. The van der Waals surface area contributed by atoms with Crippen molar-refractivity contribution in [2.75, 3.05) is 5.32 Å². The van der Waals surface area contributed by atoms with Gasteiger partial charge in [-0.1, -0.05) is 23.7 Å². The summed E-state index contributed by atoms with van der Waals surface area (Å²) < 4.78 is 1.59. The van der Waals surface area contributed by atoms with E-state index in [9.17, 15) is 9.59 Å². The molecule has 3 aromatic rings. The van der Waals surface area contributed by atoms with E-state index in [0.29, 0.717) is 16.2 Å². The highest BCUT2D eigenvalue weighted by atomic mass is 35.5. The number of carbonyl (C=O) groups excluding carboxylic acids is 2. The molecule has 3 rings (SSSR count). The van der Waals surface area contributed by atoms with Crippen LogP contribution in [-0.2, 0) is 0 Å². The largest absolute Gasteiger partial charge is 0.348 e. The van der Waals surface area contributed by atoms with Crippen molar-refractivity contribution in [1.82, 2.24) is 14.7 Å². The van der Waals surface area contributed by atoms with Crippen molar-refractivity contribution in [3.63, 3.8) is 0 Å². The summed E-state index contributed by atoms with van der Waals surface area (Å²) in [5.41, 5.74) is 1.33. The molecule has 0 aliphatic rings. The molecule has 0 saturated heterocycles. The lowest BCUT2D eigenvalue weighted by atomic mass is 10.3. The second-order valence-electron chi connectivity index (χ2n) is 5.83. The van der Waals surface area contributed by atoms with E-state index in [4.69, 9.17) is 11.6 Å². The maximum absolute atomic E-state index is 12.6. The number of amides is 2. The first-order chi connectivity index (χ1) is 12.0. The normalized spacial score (nSPS) is 10.9. The lowest BCUT2D eigenvalue weighted by molar-refractivity contribution is 0.0940. The number of aromatic nitrogens is 2. The Morgan fingerprint density at radius 1 is 1.12 bits per heavy atom. The van der Waals surface area contributed by atoms with Gasteiger partial charge in [0.1, 0.15) is 0 Å². The molecule has 0 aliphatic heterocycles. The Hall–Kier alpha value is -2.86. The maximum Gasteiger partial charge on any atom is 0.292 e. The van der Waals surface area contributed by atoms with Crippen molar-refractivity contribution in [3.8, 4) is 0 Å². The summed E-state index contributed by atoms with van der Waals surface area (Å²) in [6.07, 6.45) is 1.70. The minimum atomic E-state index is -0.424. The molecule has 128 valence electrons. The smallest absolute Gasteiger partial charge is 0.292 e. The van der Waals surface area contributed by atoms with E-state index in [1.165, 1.54) is 0 Å². The molecule has 0 aliphatic carbocycles. The number of rotatable bonds is 4. The number of benzene rings is 1. The first-order valence-corrected chi connectivity index (χ1v) is 8.18. The third kappa shape index (κ3) is 3.64. The van der Waals surface area contributed by atoms with Gasteiger partial charge >= 0.3 is 0 Å². The van der Waals surface area contributed by atoms with Crippen molar-refractivity contribution in [2.24, 2.45) is 0 Å². The lowest BCUT2D eigenvalue weighted by Crippen LogP contribution is -2.30. The van der Waals surface area contributed by atoms with Crippen molar-refractivity contribution >= 4 is 34.6 Å². The fourth-order valence-electron chi connectivity index (χ4n) is 2.45. The Morgan fingerprint density at radius 2 is 1.92 bits per heavy atom. The molecule has 0 unspecified atom stereocenters. The standard InChI is InChI=1S/C18H17ClN4O2/c1-11(2)20-17(24)15-14-8-3-4-9-23(14)16(22-15)18(25)21-13-7-5-6-12(19)10-13/h3-11H,1-2H3,(H,20,24)(H,21,25). The summed E-state index contributed by atoms with van der Waals surface area (Å²) in [4.78, 5) is 29.3. The summed E-state index contributed by atoms with van der Waals surface area (Å²) >= 11 is 5.94. The fraction of sp³-hybridized carbons (Fsp3) is 0.167. The number of halogens is 1. The predicted molar refractivity (Wildman–Crippen MR) is 97.2 cm³/mol. The average molecular weight is 357 g/mol. The maximum atomic E-state index is 12.6. The molecule has 0 fully saturated rings. The van der Waals surface area contributed by atoms with Crippen LogP contribution in [0, 0.1) is 0 Å². The number of hydrogen-bond donors (Lipinski definition) is 2. The Balaban J connectivity index is 1.98. The van der Waals surface area contributed by atoms with Crippen LogP contribution in [0.15, 0.2) is 48.7 Å². The molecular formula is C18H17ClN4O2. The van der Waals surface area contributed by atoms with Gasteiger partial charge in [0.25, 0.3) is 11.8 Å². The van der Waals surface area contributed by atoms with Crippen LogP contribution in [-0.4, -0.2) is 27.2 Å². The van der Waals surface area contributed by atoms with E-state index >= 15 is 0 Å². The summed E-state index contributed by atoms with van der Waals surface area (Å²) in [6.45, 7) is 3.73. The van der Waals surface area contributed by atoms with Gasteiger partial charge in [-0.3, -0.25) is 14.0 Å². The number of nitrogens with one attached hydrogen (secondary N) is 2. The van der Waals surface area contributed by atoms with Gasteiger partial charge in [0.2, 0.25) is 5.82 Å². The van der Waals surface area contributed by atoms with Crippen molar-refractivity contribution in [3.05, 3.63) is 65.2 Å². The molecule has 6 nitrogen and oxygen atoms in total. The van der Waals surface area contributed by atoms with Gasteiger partial charge in [0.15, 0.2) is 5.69 Å². The number of fused-ring (bicyclic) bond motifs is 1. The predicted octanol–water partition coefficient (Wildman–Crippen LogP) is 3.38. The van der Waals surface area contributed by atoms with Gasteiger partial charge in [-0.05, 0) is 44.2 Å². The zero-order chi connectivity index (χ0) is 18.0. The summed E-state index contributed by atoms with van der Waals surface area (Å²) in [5.74, 6) is -0.614. The Kier molecular flexibility index (Phi) is 4.72. The highest BCUT2D eigenvalue weighted by molar-refractivity contribution is 6.30. The number of imidazole rings is 1. The molecule has 0 atom stereocenters. The molecule has 2 N–H and O–H groups in total. The molecule has 0 spiro atoms. The average Bonchev–Trinajstić information content (AvgIpc) is 2.94. The van der Waals surface area contributed by atoms with E-state index in [0.717, 1.165) is 0 Å². The highest BCUT2D eigenvalue weighted by Gasteiger charge is 2.21. The Labute approximate surface area is 149 Å². The second kappa shape index (κ2) is 6.94. The summed E-state index contributed by atoms with van der Waals surface area (Å²) in [6, 6.07) is 12.1. The zero-order valence-electron chi connectivity index (χ0n) is 13.8. The monoisotopic (exact) mass is 356 g/mol. The molecule has 25 heavy (non-hydrogen) atoms. The molecule has 2 aromatic heterocycles. The third-order valence-corrected chi connectivity index (χ3v) is 3.70. The van der Waals surface area contributed by atoms with Crippen molar-refractivity contribution in [1.29, 1.82) is 0 Å². The van der Waals surface area contributed by atoms with E-state index in [2.05, 4.69) is 15.6 Å². The van der Waals surface area contributed by atoms with Crippen LogP contribution in [0.2, 0.25) is 5.02 Å². The number of carbonyl (C=O) groups is 2. The Bertz CT molecular complexity index is 949. The van der Waals surface area contributed by atoms with Crippen LogP contribution in [0.3, 0.4) is 0 Å². The van der Waals surface area contributed by atoms with Crippen LogP contribution in [0.5, 0.6) is 0 Å². The topological polar surface area (TPSA) is 75.5 Å². The van der Waals surface area contributed by atoms with Crippen LogP contribution in [0.4, 0.5) is 5.69 Å². The van der Waals surface area contributed by atoms with Gasteiger partial charge in [0, 0.05) is 22.9 Å². The molecule has 0 radical (unpaired) electrons. The quantitative estimate of drug-likeness (QED) is 0.752. The van der Waals surface area contributed by atoms with Gasteiger partial charge in [-0.15, -0.1) is 0 Å². The lowest BCUT2D eigenvalue weighted by Gasteiger charge is -2.06. The van der Waals surface area contributed by atoms with Gasteiger partial charge in [0.05, 0.1) is 5.52 Å². The summed E-state index contributed by atoms with van der Waals surface area (Å²) in [5, 5.41) is 6.06. The minimum absolute atomic E-state index is 0.0308. The second-order valence-corrected chi connectivity index (χ2v) is 6.27. The van der Waals surface area contributed by atoms with Crippen molar-refractivity contribution in [2.45, 2.75) is 19.9 Å².